The molecule has 5 heteroatoms. The van der Waals surface area contributed by atoms with E-state index in [2.05, 4.69) is 0 Å². The molecule has 0 spiro atoms. The standard InChI is InChI=1S/C14H8F4O/c1-7(19)11-6-9(15)2-3-10(11)8-4-12(16)14(18)13(17)5-8/h2-6H,1H3. The first-order valence-corrected chi connectivity index (χ1v) is 5.35. The van der Waals surface area contributed by atoms with Crippen LogP contribution in [-0.4, -0.2) is 5.78 Å². The SMILES string of the molecule is CC(=O)c1cc(F)ccc1-c1cc(F)c(F)c(F)c1. The van der Waals surface area contributed by atoms with Gasteiger partial charge >= 0.3 is 0 Å². The van der Waals surface area contributed by atoms with Crippen molar-refractivity contribution >= 4 is 5.78 Å². The van der Waals surface area contributed by atoms with Crippen molar-refractivity contribution in [3.8, 4) is 11.1 Å². The smallest absolute Gasteiger partial charge is 0.194 e. The van der Waals surface area contributed by atoms with E-state index in [-0.39, 0.29) is 16.7 Å². The van der Waals surface area contributed by atoms with Crippen LogP contribution in [0.5, 0.6) is 0 Å². The summed E-state index contributed by atoms with van der Waals surface area (Å²) in [5, 5.41) is 0. The highest BCUT2D eigenvalue weighted by Gasteiger charge is 2.15. The van der Waals surface area contributed by atoms with Crippen molar-refractivity contribution in [2.45, 2.75) is 6.92 Å². The van der Waals surface area contributed by atoms with E-state index >= 15 is 0 Å². The highest BCUT2D eigenvalue weighted by molar-refractivity contribution is 6.00. The van der Waals surface area contributed by atoms with Gasteiger partial charge in [0.15, 0.2) is 23.2 Å². The summed E-state index contributed by atoms with van der Waals surface area (Å²) in [5.74, 6) is -5.42. The van der Waals surface area contributed by atoms with Crippen LogP contribution in [0.15, 0.2) is 30.3 Å². The van der Waals surface area contributed by atoms with Crippen LogP contribution in [0.25, 0.3) is 11.1 Å². The number of carbonyl (C=O) groups excluding carboxylic acids is 1. The molecule has 0 radical (unpaired) electrons. The van der Waals surface area contributed by atoms with Gasteiger partial charge in [0.25, 0.3) is 0 Å². The van der Waals surface area contributed by atoms with Gasteiger partial charge in [-0.25, -0.2) is 17.6 Å². The molecule has 0 aliphatic heterocycles. The molecule has 2 aromatic carbocycles. The monoisotopic (exact) mass is 268 g/mol. The van der Waals surface area contributed by atoms with E-state index in [9.17, 15) is 22.4 Å². The molecule has 0 heterocycles. The quantitative estimate of drug-likeness (QED) is 0.455. The molecule has 0 fully saturated rings. The van der Waals surface area contributed by atoms with Gasteiger partial charge in [-0.3, -0.25) is 4.79 Å². The van der Waals surface area contributed by atoms with Gasteiger partial charge in [-0.1, -0.05) is 6.07 Å². The Labute approximate surface area is 106 Å². The van der Waals surface area contributed by atoms with Crippen LogP contribution in [0, 0.1) is 23.3 Å². The predicted molar refractivity (Wildman–Crippen MR) is 61.7 cm³/mol. The van der Waals surface area contributed by atoms with Crippen molar-refractivity contribution in [3.63, 3.8) is 0 Å². The van der Waals surface area contributed by atoms with Gasteiger partial charge in [-0.05, 0) is 42.3 Å². The minimum atomic E-state index is -1.59. The van der Waals surface area contributed by atoms with E-state index in [1.165, 1.54) is 13.0 Å². The normalized spacial score (nSPS) is 10.6. The Morgan fingerprint density at radius 2 is 1.53 bits per heavy atom. The number of hydrogen-bond donors (Lipinski definition) is 0. The number of Topliss-reactive ketones (excluding diaryl/α,β-unsaturated/α-hetero) is 1. The molecule has 0 N–H and O–H groups in total. The fourth-order valence-corrected chi connectivity index (χ4v) is 1.77. The molecule has 19 heavy (non-hydrogen) atoms. The number of rotatable bonds is 2. The fraction of sp³-hybridized carbons (Fsp3) is 0.0714. The van der Waals surface area contributed by atoms with Gasteiger partial charge < -0.3 is 0 Å². The zero-order valence-corrected chi connectivity index (χ0v) is 9.81. The van der Waals surface area contributed by atoms with E-state index in [1.807, 2.05) is 0 Å². The van der Waals surface area contributed by atoms with Gasteiger partial charge in [0.05, 0.1) is 0 Å². The molecule has 0 amide bonds. The first-order valence-electron chi connectivity index (χ1n) is 5.35. The molecule has 0 aliphatic carbocycles. The Bertz CT molecular complexity index is 641. The number of ketones is 1. The highest BCUT2D eigenvalue weighted by atomic mass is 19.2. The maximum Gasteiger partial charge on any atom is 0.194 e. The molecule has 1 nitrogen and oxygen atoms in total. The maximum absolute atomic E-state index is 13.2. The number of hydrogen-bond acceptors (Lipinski definition) is 1. The molecule has 98 valence electrons. The number of carbonyl (C=O) groups is 1. The molecule has 0 aliphatic rings. The Hall–Kier alpha value is -2.17. The predicted octanol–water partition coefficient (Wildman–Crippen LogP) is 4.11. The molecular formula is C14H8F4O. The molecular weight excluding hydrogens is 260 g/mol. The lowest BCUT2D eigenvalue weighted by Crippen LogP contribution is -1.99. The van der Waals surface area contributed by atoms with Gasteiger partial charge in [0.2, 0.25) is 0 Å². The molecule has 0 aromatic heterocycles. The topological polar surface area (TPSA) is 17.1 Å². The summed E-state index contributed by atoms with van der Waals surface area (Å²) >= 11 is 0. The Morgan fingerprint density at radius 1 is 0.947 bits per heavy atom. The second-order valence-corrected chi connectivity index (χ2v) is 4.00. The summed E-state index contributed by atoms with van der Waals surface area (Å²) in [4.78, 5) is 11.4. The average Bonchev–Trinajstić information content (AvgIpc) is 2.35. The second kappa shape index (κ2) is 4.84. The fourth-order valence-electron chi connectivity index (χ4n) is 1.77. The van der Waals surface area contributed by atoms with Crippen molar-refractivity contribution < 1.29 is 22.4 Å². The maximum atomic E-state index is 13.2. The van der Waals surface area contributed by atoms with Gasteiger partial charge in [0, 0.05) is 5.56 Å². The van der Waals surface area contributed by atoms with E-state index < -0.39 is 29.1 Å². The van der Waals surface area contributed by atoms with Crippen LogP contribution in [0.4, 0.5) is 17.6 Å². The van der Waals surface area contributed by atoms with Crippen molar-refractivity contribution in [1.82, 2.24) is 0 Å². The van der Waals surface area contributed by atoms with E-state index in [0.29, 0.717) is 0 Å². The summed E-state index contributed by atoms with van der Waals surface area (Å²) in [6, 6.07) is 4.77. The largest absolute Gasteiger partial charge is 0.294 e. The third-order valence-corrected chi connectivity index (χ3v) is 2.66. The van der Waals surface area contributed by atoms with Crippen LogP contribution in [-0.2, 0) is 0 Å². The minimum Gasteiger partial charge on any atom is -0.294 e. The van der Waals surface area contributed by atoms with Gasteiger partial charge in [-0.15, -0.1) is 0 Å². The summed E-state index contributed by atoms with van der Waals surface area (Å²) in [6.45, 7) is 1.20. The molecule has 0 atom stereocenters. The number of halogens is 4. The molecule has 0 unspecified atom stereocenters. The summed E-state index contributed by atoms with van der Waals surface area (Å²) in [7, 11) is 0. The van der Waals surface area contributed by atoms with E-state index in [1.54, 1.807) is 0 Å². The lowest BCUT2D eigenvalue weighted by Gasteiger charge is -2.08. The van der Waals surface area contributed by atoms with E-state index in [4.69, 9.17) is 0 Å². The van der Waals surface area contributed by atoms with Gasteiger partial charge in [-0.2, -0.15) is 0 Å². The summed E-state index contributed by atoms with van der Waals surface area (Å²) in [6.07, 6.45) is 0. The van der Waals surface area contributed by atoms with Crippen LogP contribution >= 0.6 is 0 Å². The highest BCUT2D eigenvalue weighted by Crippen LogP contribution is 2.27. The first-order chi connectivity index (χ1) is 8.90. The second-order valence-electron chi connectivity index (χ2n) is 4.00. The molecule has 2 aromatic rings. The zero-order chi connectivity index (χ0) is 14.2. The summed E-state index contributed by atoms with van der Waals surface area (Å²) in [5.41, 5.74) is 0.0960. The third kappa shape index (κ3) is 2.50. The molecule has 0 bridgehead atoms. The van der Waals surface area contributed by atoms with Crippen molar-refractivity contribution in [2.24, 2.45) is 0 Å². The molecule has 0 saturated carbocycles. The molecule has 2 rings (SSSR count). The minimum absolute atomic E-state index is 0.0228. The van der Waals surface area contributed by atoms with Crippen LogP contribution in [0.2, 0.25) is 0 Å². The summed E-state index contributed by atoms with van der Waals surface area (Å²) < 4.78 is 52.3. The molecule has 0 saturated heterocycles. The van der Waals surface area contributed by atoms with Crippen molar-refractivity contribution in [2.75, 3.05) is 0 Å². The van der Waals surface area contributed by atoms with Crippen molar-refractivity contribution in [1.29, 1.82) is 0 Å². The van der Waals surface area contributed by atoms with Crippen LogP contribution in [0.3, 0.4) is 0 Å². The Kier molecular flexibility index (Phi) is 3.38. The van der Waals surface area contributed by atoms with E-state index in [0.717, 1.165) is 24.3 Å². The third-order valence-electron chi connectivity index (χ3n) is 2.66. The first kappa shape index (κ1) is 13.3. The average molecular weight is 268 g/mol. The van der Waals surface area contributed by atoms with Gasteiger partial charge in [0.1, 0.15) is 5.82 Å². The lowest BCUT2D eigenvalue weighted by molar-refractivity contribution is 0.101. The van der Waals surface area contributed by atoms with Crippen LogP contribution in [0.1, 0.15) is 17.3 Å². The lowest BCUT2D eigenvalue weighted by atomic mass is 9.97. The number of benzene rings is 2. The van der Waals surface area contributed by atoms with Crippen molar-refractivity contribution in [3.05, 3.63) is 59.2 Å². The zero-order valence-electron chi connectivity index (χ0n) is 9.81. The van der Waals surface area contributed by atoms with Crippen LogP contribution < -0.4 is 0 Å². The Morgan fingerprint density at radius 3 is 2.05 bits per heavy atom. The Balaban J connectivity index is 2.68.